The normalized spacial score (nSPS) is 12.7. The summed E-state index contributed by atoms with van der Waals surface area (Å²) in [6.07, 6.45) is 0. The van der Waals surface area contributed by atoms with Crippen LogP contribution < -0.4 is 5.32 Å². The molecule has 1 unspecified atom stereocenters. The van der Waals surface area contributed by atoms with Gasteiger partial charge in [-0.25, -0.2) is 4.39 Å². The summed E-state index contributed by atoms with van der Waals surface area (Å²) in [6, 6.07) is 6.96. The molecule has 0 saturated carbocycles. The number of halogens is 2. The van der Waals surface area contributed by atoms with E-state index in [2.05, 4.69) is 18.3 Å². The second-order valence-electron chi connectivity index (χ2n) is 4.07. The maximum atomic E-state index is 13.6. The van der Waals surface area contributed by atoms with Crippen LogP contribution in [0.15, 0.2) is 29.6 Å². The average molecular weight is 284 g/mol. The topological polar surface area (TPSA) is 12.0 Å². The Morgan fingerprint density at radius 2 is 2.11 bits per heavy atom. The molecule has 2 rings (SSSR count). The molecule has 1 nitrogen and oxygen atoms in total. The highest BCUT2D eigenvalue weighted by atomic mass is 35.5. The smallest absolute Gasteiger partial charge is 0.142 e. The maximum absolute atomic E-state index is 13.6. The van der Waals surface area contributed by atoms with E-state index in [1.165, 1.54) is 10.9 Å². The van der Waals surface area contributed by atoms with E-state index in [-0.39, 0.29) is 16.9 Å². The maximum Gasteiger partial charge on any atom is 0.142 e. The molecule has 0 aliphatic heterocycles. The quantitative estimate of drug-likeness (QED) is 0.868. The first-order valence-electron chi connectivity index (χ1n) is 5.86. The van der Waals surface area contributed by atoms with Crippen LogP contribution in [0.5, 0.6) is 0 Å². The number of rotatable bonds is 4. The van der Waals surface area contributed by atoms with Gasteiger partial charge in [0.2, 0.25) is 0 Å². The minimum atomic E-state index is -0.370. The fraction of sp³-hybridized carbons (Fsp3) is 0.286. The van der Waals surface area contributed by atoms with Gasteiger partial charge < -0.3 is 5.32 Å². The van der Waals surface area contributed by atoms with Gasteiger partial charge in [-0.2, -0.15) is 0 Å². The molecule has 0 amide bonds. The van der Waals surface area contributed by atoms with Crippen molar-refractivity contribution in [2.24, 2.45) is 0 Å². The highest BCUT2D eigenvalue weighted by molar-refractivity contribution is 7.10. The van der Waals surface area contributed by atoms with E-state index in [4.69, 9.17) is 11.6 Å². The number of thiophene rings is 1. The van der Waals surface area contributed by atoms with Crippen LogP contribution in [0.2, 0.25) is 5.02 Å². The van der Waals surface area contributed by atoms with Gasteiger partial charge in [0, 0.05) is 4.88 Å². The number of hydrogen-bond acceptors (Lipinski definition) is 2. The van der Waals surface area contributed by atoms with E-state index in [0.717, 1.165) is 17.7 Å². The lowest BCUT2D eigenvalue weighted by atomic mass is 9.99. The molecule has 0 saturated heterocycles. The second-order valence-corrected chi connectivity index (χ2v) is 5.56. The first kappa shape index (κ1) is 13.5. The van der Waals surface area contributed by atoms with Crippen molar-refractivity contribution < 1.29 is 4.39 Å². The molecule has 4 heteroatoms. The third-order valence-corrected chi connectivity index (χ3v) is 4.17. The van der Waals surface area contributed by atoms with Crippen molar-refractivity contribution in [3.63, 3.8) is 0 Å². The molecule has 1 atom stereocenters. The van der Waals surface area contributed by atoms with Crippen LogP contribution in [0.3, 0.4) is 0 Å². The SMILES string of the molecule is CCNC(c1ccsc1C)c1cccc(F)c1Cl. The molecular weight excluding hydrogens is 269 g/mol. The molecule has 1 aromatic heterocycles. The van der Waals surface area contributed by atoms with Gasteiger partial charge in [0.15, 0.2) is 0 Å². The zero-order valence-corrected chi connectivity index (χ0v) is 11.9. The van der Waals surface area contributed by atoms with Crippen molar-refractivity contribution in [3.05, 3.63) is 56.5 Å². The Hall–Kier alpha value is -0.900. The van der Waals surface area contributed by atoms with Crippen LogP contribution in [0.4, 0.5) is 4.39 Å². The predicted octanol–water partition coefficient (Wildman–Crippen LogP) is 4.55. The molecular formula is C14H15ClFNS. The molecule has 0 aliphatic carbocycles. The minimum Gasteiger partial charge on any atom is -0.306 e. The Balaban J connectivity index is 2.48. The Kier molecular flexibility index (Phi) is 4.38. The van der Waals surface area contributed by atoms with Gasteiger partial charge in [0.05, 0.1) is 11.1 Å². The van der Waals surface area contributed by atoms with Crippen molar-refractivity contribution in [3.8, 4) is 0 Å². The summed E-state index contributed by atoms with van der Waals surface area (Å²) in [5.74, 6) is -0.370. The van der Waals surface area contributed by atoms with Gasteiger partial charge in [-0.15, -0.1) is 11.3 Å². The standard InChI is InChI=1S/C14H15ClFNS/c1-3-17-14(10-7-8-18-9(10)2)11-5-4-6-12(16)13(11)15/h4-8,14,17H,3H2,1-2H3. The second kappa shape index (κ2) is 5.83. The summed E-state index contributed by atoms with van der Waals surface area (Å²) in [5.41, 5.74) is 1.95. The number of benzene rings is 1. The highest BCUT2D eigenvalue weighted by Crippen LogP contribution is 2.33. The van der Waals surface area contributed by atoms with E-state index < -0.39 is 0 Å². The Bertz CT molecular complexity index is 538. The van der Waals surface area contributed by atoms with Gasteiger partial charge in [0.25, 0.3) is 0 Å². The summed E-state index contributed by atoms with van der Waals surface area (Å²) >= 11 is 7.77. The third kappa shape index (κ3) is 2.58. The van der Waals surface area contributed by atoms with Crippen molar-refractivity contribution in [2.75, 3.05) is 6.54 Å². The first-order valence-corrected chi connectivity index (χ1v) is 7.12. The Labute approximate surface area is 116 Å². The van der Waals surface area contributed by atoms with Gasteiger partial charge >= 0.3 is 0 Å². The molecule has 0 radical (unpaired) electrons. The van der Waals surface area contributed by atoms with E-state index >= 15 is 0 Å². The van der Waals surface area contributed by atoms with Crippen LogP contribution in [0.25, 0.3) is 0 Å². The number of hydrogen-bond donors (Lipinski definition) is 1. The third-order valence-electron chi connectivity index (χ3n) is 2.91. The monoisotopic (exact) mass is 283 g/mol. The first-order chi connectivity index (χ1) is 8.65. The van der Waals surface area contributed by atoms with Crippen molar-refractivity contribution in [1.82, 2.24) is 5.32 Å². The van der Waals surface area contributed by atoms with Crippen LogP contribution in [0, 0.1) is 12.7 Å². The zero-order chi connectivity index (χ0) is 13.1. The van der Waals surface area contributed by atoms with E-state index in [9.17, 15) is 4.39 Å². The van der Waals surface area contributed by atoms with Crippen molar-refractivity contribution in [1.29, 1.82) is 0 Å². The molecule has 2 aromatic rings. The van der Waals surface area contributed by atoms with Crippen LogP contribution in [-0.2, 0) is 0 Å². The minimum absolute atomic E-state index is 0.0514. The fourth-order valence-electron chi connectivity index (χ4n) is 2.03. The molecule has 1 N–H and O–H groups in total. The Morgan fingerprint density at radius 3 is 2.72 bits per heavy atom. The van der Waals surface area contributed by atoms with Crippen molar-refractivity contribution in [2.45, 2.75) is 19.9 Å². The fourth-order valence-corrected chi connectivity index (χ4v) is 3.01. The molecule has 96 valence electrons. The molecule has 0 bridgehead atoms. The van der Waals surface area contributed by atoms with Gasteiger partial charge in [-0.3, -0.25) is 0 Å². The van der Waals surface area contributed by atoms with Gasteiger partial charge in [0.1, 0.15) is 5.82 Å². The van der Waals surface area contributed by atoms with Crippen LogP contribution >= 0.6 is 22.9 Å². The van der Waals surface area contributed by atoms with Gasteiger partial charge in [-0.05, 0) is 42.1 Å². The summed E-state index contributed by atoms with van der Waals surface area (Å²) in [5, 5.41) is 5.61. The molecule has 0 fully saturated rings. The average Bonchev–Trinajstić information content (AvgIpc) is 2.76. The van der Waals surface area contributed by atoms with Crippen molar-refractivity contribution >= 4 is 22.9 Å². The zero-order valence-electron chi connectivity index (χ0n) is 10.3. The summed E-state index contributed by atoms with van der Waals surface area (Å²) in [4.78, 5) is 1.22. The Morgan fingerprint density at radius 1 is 1.33 bits per heavy atom. The lowest BCUT2D eigenvalue weighted by molar-refractivity contribution is 0.603. The highest BCUT2D eigenvalue weighted by Gasteiger charge is 2.20. The summed E-state index contributed by atoms with van der Waals surface area (Å²) in [7, 11) is 0. The van der Waals surface area contributed by atoms with E-state index in [1.807, 2.05) is 18.4 Å². The van der Waals surface area contributed by atoms with Crippen LogP contribution in [0.1, 0.15) is 29.0 Å². The lowest BCUT2D eigenvalue weighted by Gasteiger charge is -2.20. The summed E-state index contributed by atoms with van der Waals surface area (Å²) in [6.45, 7) is 4.90. The van der Waals surface area contributed by atoms with E-state index in [1.54, 1.807) is 17.4 Å². The lowest BCUT2D eigenvalue weighted by Crippen LogP contribution is -2.22. The molecule has 1 aromatic carbocycles. The summed E-state index contributed by atoms with van der Waals surface area (Å²) < 4.78 is 13.6. The molecule has 0 aliphatic rings. The van der Waals surface area contributed by atoms with Gasteiger partial charge in [-0.1, -0.05) is 30.7 Å². The molecule has 1 heterocycles. The molecule has 0 spiro atoms. The number of aryl methyl sites for hydroxylation is 1. The van der Waals surface area contributed by atoms with Crippen LogP contribution in [-0.4, -0.2) is 6.54 Å². The molecule has 18 heavy (non-hydrogen) atoms. The number of nitrogens with one attached hydrogen (secondary N) is 1. The predicted molar refractivity (Wildman–Crippen MR) is 76.0 cm³/mol. The largest absolute Gasteiger partial charge is 0.306 e. The van der Waals surface area contributed by atoms with E-state index in [0.29, 0.717) is 0 Å².